The number of nitrogens with one attached hydrogen (secondary N) is 2. The van der Waals surface area contributed by atoms with Gasteiger partial charge >= 0.3 is 6.09 Å². The Morgan fingerprint density at radius 1 is 1.26 bits per heavy atom. The summed E-state index contributed by atoms with van der Waals surface area (Å²) in [5, 5.41) is 0. The number of hydrazine groups is 1. The number of amides is 2. The van der Waals surface area contributed by atoms with Crippen LogP contribution in [0.4, 0.5) is 4.79 Å². The number of hydrogen-bond donors (Lipinski definition) is 2. The van der Waals surface area contributed by atoms with Gasteiger partial charge in [-0.1, -0.05) is 6.07 Å². The molecule has 168 valence electrons. The number of halogens is 1. The smallest absolute Gasteiger partial charge is 0.426 e. The van der Waals surface area contributed by atoms with Crippen molar-refractivity contribution in [3.05, 3.63) is 47.6 Å². The molecule has 2 aromatic rings. The molecule has 0 aliphatic rings. The first kappa shape index (κ1) is 24.3. The molecule has 0 saturated carbocycles. The third-order valence-corrected chi connectivity index (χ3v) is 4.35. The second kappa shape index (κ2) is 10.9. The van der Waals surface area contributed by atoms with Crippen LogP contribution in [-0.4, -0.2) is 40.1 Å². The summed E-state index contributed by atoms with van der Waals surface area (Å²) in [7, 11) is 1.59. The van der Waals surface area contributed by atoms with E-state index in [1.54, 1.807) is 40.3 Å². The Morgan fingerprint density at radius 2 is 2.00 bits per heavy atom. The van der Waals surface area contributed by atoms with E-state index in [0.717, 1.165) is 16.9 Å². The summed E-state index contributed by atoms with van der Waals surface area (Å²) in [5.74, 6) is 0.603. The Balaban J connectivity index is 2.21. The van der Waals surface area contributed by atoms with Gasteiger partial charge in [0.05, 0.1) is 24.8 Å². The number of ether oxygens (including phenoxy) is 2. The van der Waals surface area contributed by atoms with Crippen molar-refractivity contribution < 1.29 is 19.1 Å². The van der Waals surface area contributed by atoms with Gasteiger partial charge in [0.2, 0.25) is 0 Å². The SMILES string of the molecule is COc1cc(/C=C(\CCCCl)C(=O)NNC(=O)OC(C)(C)C)ccc1-n1cnc(C)c1. The van der Waals surface area contributed by atoms with Crippen LogP contribution in [0.25, 0.3) is 11.8 Å². The van der Waals surface area contributed by atoms with Gasteiger partial charge in [-0.2, -0.15) is 0 Å². The second-order valence-electron chi connectivity index (χ2n) is 7.90. The molecule has 0 fully saturated rings. The molecule has 0 bridgehead atoms. The monoisotopic (exact) mass is 448 g/mol. The number of carbonyl (C=O) groups is 2. The van der Waals surface area contributed by atoms with Crippen LogP contribution in [0, 0.1) is 6.92 Å². The highest BCUT2D eigenvalue weighted by Crippen LogP contribution is 2.26. The molecule has 1 aromatic heterocycles. The highest BCUT2D eigenvalue weighted by atomic mass is 35.5. The molecule has 2 N–H and O–H groups in total. The first-order valence-electron chi connectivity index (χ1n) is 9.88. The summed E-state index contributed by atoms with van der Waals surface area (Å²) in [5.41, 5.74) is 6.94. The van der Waals surface area contributed by atoms with Crippen molar-refractivity contribution in [3.8, 4) is 11.4 Å². The Labute approximate surface area is 187 Å². The van der Waals surface area contributed by atoms with Crippen molar-refractivity contribution >= 4 is 29.7 Å². The van der Waals surface area contributed by atoms with Crippen LogP contribution in [0.15, 0.2) is 36.3 Å². The number of methoxy groups -OCH3 is 1. The predicted octanol–water partition coefficient (Wildman–Crippen LogP) is 4.15. The van der Waals surface area contributed by atoms with E-state index in [9.17, 15) is 9.59 Å². The van der Waals surface area contributed by atoms with E-state index in [2.05, 4.69) is 15.8 Å². The maximum atomic E-state index is 12.6. The molecule has 2 rings (SSSR count). The van der Waals surface area contributed by atoms with Crippen LogP contribution in [-0.2, 0) is 9.53 Å². The molecule has 0 radical (unpaired) electrons. The van der Waals surface area contributed by atoms with Gasteiger partial charge in [-0.15, -0.1) is 11.6 Å². The highest BCUT2D eigenvalue weighted by molar-refractivity contribution is 6.17. The molecule has 0 unspecified atom stereocenters. The van der Waals surface area contributed by atoms with Crippen molar-refractivity contribution in [3.63, 3.8) is 0 Å². The number of aryl methyl sites for hydroxylation is 1. The van der Waals surface area contributed by atoms with Gasteiger partial charge in [0.25, 0.3) is 5.91 Å². The number of rotatable bonds is 7. The van der Waals surface area contributed by atoms with Crippen LogP contribution >= 0.6 is 11.6 Å². The first-order valence-corrected chi connectivity index (χ1v) is 10.4. The molecule has 0 aliphatic heterocycles. The van der Waals surface area contributed by atoms with Gasteiger partial charge < -0.3 is 14.0 Å². The molecule has 8 nitrogen and oxygen atoms in total. The van der Waals surface area contributed by atoms with E-state index in [0.29, 0.717) is 30.0 Å². The van der Waals surface area contributed by atoms with E-state index in [-0.39, 0.29) is 0 Å². The van der Waals surface area contributed by atoms with Crippen molar-refractivity contribution in [2.45, 2.75) is 46.1 Å². The number of imidazole rings is 1. The van der Waals surface area contributed by atoms with Crippen molar-refractivity contribution in [2.24, 2.45) is 0 Å². The molecule has 2 amide bonds. The average molecular weight is 449 g/mol. The third-order valence-electron chi connectivity index (χ3n) is 4.08. The molecule has 1 aromatic carbocycles. The fraction of sp³-hybridized carbons (Fsp3) is 0.409. The molecule has 0 spiro atoms. The van der Waals surface area contributed by atoms with E-state index < -0.39 is 17.6 Å². The maximum Gasteiger partial charge on any atom is 0.426 e. The first-order chi connectivity index (χ1) is 14.6. The zero-order valence-corrected chi connectivity index (χ0v) is 19.2. The quantitative estimate of drug-likeness (QED) is 0.377. The zero-order chi connectivity index (χ0) is 23.0. The number of alkyl halides is 1. The summed E-state index contributed by atoms with van der Waals surface area (Å²) in [6.45, 7) is 7.13. The lowest BCUT2D eigenvalue weighted by Crippen LogP contribution is -2.44. The minimum absolute atomic E-state index is 0.409. The summed E-state index contributed by atoms with van der Waals surface area (Å²) in [6.07, 6.45) is 5.66. The summed E-state index contributed by atoms with van der Waals surface area (Å²) in [4.78, 5) is 28.7. The van der Waals surface area contributed by atoms with E-state index in [4.69, 9.17) is 21.1 Å². The second-order valence-corrected chi connectivity index (χ2v) is 8.27. The molecule has 0 atom stereocenters. The van der Waals surface area contributed by atoms with Gasteiger partial charge in [-0.05, 0) is 64.3 Å². The van der Waals surface area contributed by atoms with Crippen molar-refractivity contribution in [1.29, 1.82) is 0 Å². The molecule has 9 heteroatoms. The van der Waals surface area contributed by atoms with E-state index >= 15 is 0 Å². The Hall–Kier alpha value is -3.00. The minimum atomic E-state index is -0.737. The van der Waals surface area contributed by atoms with E-state index in [1.165, 1.54) is 0 Å². The van der Waals surface area contributed by atoms with Gasteiger partial charge in [0, 0.05) is 17.6 Å². The van der Waals surface area contributed by atoms with Crippen LogP contribution in [0.2, 0.25) is 0 Å². The number of benzene rings is 1. The Kier molecular flexibility index (Phi) is 8.50. The maximum absolute atomic E-state index is 12.6. The fourth-order valence-corrected chi connectivity index (χ4v) is 2.89. The Morgan fingerprint density at radius 3 is 2.58 bits per heavy atom. The minimum Gasteiger partial charge on any atom is -0.495 e. The van der Waals surface area contributed by atoms with Crippen LogP contribution in [0.5, 0.6) is 5.75 Å². The van der Waals surface area contributed by atoms with Crippen LogP contribution in [0.3, 0.4) is 0 Å². The largest absolute Gasteiger partial charge is 0.495 e. The topological polar surface area (TPSA) is 94.5 Å². The highest BCUT2D eigenvalue weighted by Gasteiger charge is 2.17. The van der Waals surface area contributed by atoms with Crippen molar-refractivity contribution in [2.75, 3.05) is 13.0 Å². The molecular weight excluding hydrogens is 420 g/mol. The predicted molar refractivity (Wildman–Crippen MR) is 120 cm³/mol. The number of aromatic nitrogens is 2. The Bertz CT molecular complexity index is 947. The molecule has 31 heavy (non-hydrogen) atoms. The number of nitrogens with zero attached hydrogens (tertiary/aromatic N) is 2. The average Bonchev–Trinajstić information content (AvgIpc) is 3.13. The molecule has 0 saturated heterocycles. The van der Waals surface area contributed by atoms with Crippen LogP contribution < -0.4 is 15.6 Å². The van der Waals surface area contributed by atoms with E-state index in [1.807, 2.05) is 35.9 Å². The standard InChI is InChI=1S/C22H29ClN4O4/c1-15-13-27(14-24-15)18-9-8-16(12-19(18)30-5)11-17(7-6-10-23)20(28)25-26-21(29)31-22(2,3)4/h8-9,11-14H,6-7,10H2,1-5H3,(H,25,28)(H,26,29)/b17-11+. The van der Waals surface area contributed by atoms with Gasteiger partial charge in [0.1, 0.15) is 11.4 Å². The molecular formula is C22H29ClN4O4. The third kappa shape index (κ3) is 7.64. The lowest BCUT2D eigenvalue weighted by Gasteiger charge is -2.20. The normalized spacial score (nSPS) is 11.7. The van der Waals surface area contributed by atoms with Crippen LogP contribution in [0.1, 0.15) is 44.9 Å². The lowest BCUT2D eigenvalue weighted by molar-refractivity contribution is -0.118. The number of hydrogen-bond acceptors (Lipinski definition) is 5. The number of carbonyl (C=O) groups excluding carboxylic acids is 2. The van der Waals surface area contributed by atoms with Gasteiger partial charge in [-0.25, -0.2) is 15.2 Å². The van der Waals surface area contributed by atoms with Gasteiger partial charge in [-0.3, -0.25) is 10.2 Å². The summed E-state index contributed by atoms with van der Waals surface area (Å²) < 4.78 is 12.5. The van der Waals surface area contributed by atoms with Gasteiger partial charge in [0.15, 0.2) is 0 Å². The lowest BCUT2D eigenvalue weighted by atomic mass is 10.1. The fourth-order valence-electron chi connectivity index (χ4n) is 2.75. The molecule has 0 aliphatic carbocycles. The zero-order valence-electron chi connectivity index (χ0n) is 18.5. The molecule has 1 heterocycles. The van der Waals surface area contributed by atoms with Crippen molar-refractivity contribution in [1.82, 2.24) is 20.4 Å². The summed E-state index contributed by atoms with van der Waals surface area (Å²) in [6, 6.07) is 5.60. The summed E-state index contributed by atoms with van der Waals surface area (Å²) >= 11 is 5.81.